The molecule has 2 fully saturated rings. The largest absolute Gasteiger partial charge is 0.413 e. The number of carbonyl (C=O) groups excluding carboxylic acids is 2. The van der Waals surface area contributed by atoms with Gasteiger partial charge in [0.1, 0.15) is 11.5 Å². The van der Waals surface area contributed by atoms with E-state index in [0.29, 0.717) is 12.5 Å². The molecule has 1 aliphatic carbocycles. The van der Waals surface area contributed by atoms with Gasteiger partial charge in [0.05, 0.1) is 5.60 Å². The van der Waals surface area contributed by atoms with Crippen LogP contribution < -0.4 is 10.6 Å². The van der Waals surface area contributed by atoms with Crippen LogP contribution in [0.3, 0.4) is 0 Å². The molecule has 4 rings (SSSR count). The Morgan fingerprint density at radius 3 is 2.49 bits per heavy atom. The van der Waals surface area contributed by atoms with E-state index < -0.39 is 35.1 Å². The van der Waals surface area contributed by atoms with E-state index in [1.54, 1.807) is 4.90 Å². The number of nitrogens with one attached hydrogen (secondary N) is 2. The van der Waals surface area contributed by atoms with Crippen LogP contribution in [0.25, 0.3) is 0 Å². The summed E-state index contributed by atoms with van der Waals surface area (Å²) < 4.78 is 43.6. The zero-order valence-corrected chi connectivity index (χ0v) is 23.7. The fourth-order valence-corrected chi connectivity index (χ4v) is 6.38. The van der Waals surface area contributed by atoms with Gasteiger partial charge in [-0.3, -0.25) is 14.6 Å². The molecule has 0 aromatic carbocycles. The molecule has 0 spiro atoms. The second-order valence-corrected chi connectivity index (χ2v) is 12.6. The average Bonchev–Trinajstić information content (AvgIpc) is 3.37. The number of amidine groups is 1. The lowest BCUT2D eigenvalue weighted by Gasteiger charge is -2.32. The van der Waals surface area contributed by atoms with Gasteiger partial charge in [-0.2, -0.15) is 13.2 Å². The van der Waals surface area contributed by atoms with Gasteiger partial charge in [-0.1, -0.05) is 6.42 Å². The number of aromatic nitrogens is 1. The van der Waals surface area contributed by atoms with Gasteiger partial charge < -0.3 is 20.6 Å². The highest BCUT2D eigenvalue weighted by atomic mass is 32.1. The van der Waals surface area contributed by atoms with Gasteiger partial charge in [-0.15, -0.1) is 11.3 Å². The lowest BCUT2D eigenvalue weighted by Crippen LogP contribution is -2.40. The molecule has 8 nitrogen and oxygen atoms in total. The average molecular weight is 570 g/mol. The second-order valence-electron chi connectivity index (χ2n) is 11.5. The molecule has 3 aliphatic rings. The van der Waals surface area contributed by atoms with Crippen LogP contribution in [0.15, 0.2) is 16.6 Å². The Balaban J connectivity index is 1.71. The first kappa shape index (κ1) is 29.5. The molecule has 0 radical (unpaired) electrons. The monoisotopic (exact) mass is 569 g/mol. The lowest BCUT2D eigenvalue weighted by atomic mass is 9.80. The normalized spacial score (nSPS) is 23.4. The topological polar surface area (TPSA) is 107 Å². The standard InChI is InChI=1S/C27H38F3N5O3S/c1-15-7-6-12-35(15)25(37)21-22(39-24(34-21)23(36)32-14-26(3,4)38)18-10-11-31-20(13-19(18)27(28,29)30)33-16(2)17-8-5-9-17/h13,15-18,38H,5-12,14H2,1-4H3,(H,31,33)(H,32,36)/t15-,16+,18?/m0/s1. The first-order chi connectivity index (χ1) is 18.2. The van der Waals surface area contributed by atoms with E-state index in [1.165, 1.54) is 13.8 Å². The maximum absolute atomic E-state index is 14.5. The Labute approximate surface area is 231 Å². The summed E-state index contributed by atoms with van der Waals surface area (Å²) in [6.07, 6.45) is 1.21. The number of thiazole rings is 1. The minimum Gasteiger partial charge on any atom is -0.389 e. The van der Waals surface area contributed by atoms with E-state index in [4.69, 9.17) is 0 Å². The quantitative estimate of drug-likeness (QED) is 0.451. The Bertz CT molecular complexity index is 1140. The molecule has 2 aliphatic heterocycles. The number of hydrogen-bond donors (Lipinski definition) is 3. The molecule has 12 heteroatoms. The summed E-state index contributed by atoms with van der Waals surface area (Å²) in [5, 5.41) is 15.6. The molecule has 1 unspecified atom stereocenters. The number of nitrogens with zero attached hydrogens (tertiary/aromatic N) is 3. The molecule has 1 saturated heterocycles. The van der Waals surface area contributed by atoms with Crippen LogP contribution in [-0.2, 0) is 0 Å². The van der Waals surface area contributed by atoms with Crippen molar-refractivity contribution in [1.82, 2.24) is 20.5 Å². The van der Waals surface area contributed by atoms with Crippen molar-refractivity contribution in [3.63, 3.8) is 0 Å². The molecule has 216 valence electrons. The zero-order valence-electron chi connectivity index (χ0n) is 22.9. The molecule has 0 bridgehead atoms. The molecular weight excluding hydrogens is 531 g/mol. The van der Waals surface area contributed by atoms with Gasteiger partial charge in [0.15, 0.2) is 5.01 Å². The van der Waals surface area contributed by atoms with Crippen molar-refractivity contribution in [1.29, 1.82) is 0 Å². The number of aliphatic imine (C=N–C) groups is 1. The summed E-state index contributed by atoms with van der Waals surface area (Å²) in [5.74, 6) is -1.70. The Hall–Kier alpha value is -2.47. The fraction of sp³-hybridized carbons (Fsp3) is 0.704. The third kappa shape index (κ3) is 7.00. The Morgan fingerprint density at radius 2 is 1.92 bits per heavy atom. The van der Waals surface area contributed by atoms with Crippen molar-refractivity contribution < 1.29 is 27.9 Å². The molecule has 3 heterocycles. The number of carbonyl (C=O) groups is 2. The van der Waals surface area contributed by atoms with Crippen LogP contribution >= 0.6 is 11.3 Å². The van der Waals surface area contributed by atoms with Gasteiger partial charge in [-0.25, -0.2) is 4.98 Å². The summed E-state index contributed by atoms with van der Waals surface area (Å²) in [5.41, 5.74) is -2.10. The molecule has 3 atom stereocenters. The highest BCUT2D eigenvalue weighted by Crippen LogP contribution is 2.44. The zero-order chi connectivity index (χ0) is 28.5. The fourth-order valence-electron chi connectivity index (χ4n) is 5.25. The van der Waals surface area contributed by atoms with Crippen molar-refractivity contribution >= 4 is 29.0 Å². The summed E-state index contributed by atoms with van der Waals surface area (Å²) in [4.78, 5) is 37.0. The number of hydrogen-bond acceptors (Lipinski definition) is 7. The van der Waals surface area contributed by atoms with E-state index in [1.807, 2.05) is 13.8 Å². The van der Waals surface area contributed by atoms with Crippen molar-refractivity contribution in [2.45, 2.75) is 96.0 Å². The number of halogens is 3. The van der Waals surface area contributed by atoms with E-state index in [2.05, 4.69) is 20.6 Å². The van der Waals surface area contributed by atoms with Crippen LogP contribution in [-0.4, -0.2) is 76.1 Å². The van der Waals surface area contributed by atoms with E-state index in [-0.39, 0.29) is 53.0 Å². The predicted octanol–water partition coefficient (Wildman–Crippen LogP) is 4.42. The van der Waals surface area contributed by atoms with E-state index >= 15 is 0 Å². The highest BCUT2D eigenvalue weighted by Gasteiger charge is 2.44. The Kier molecular flexibility index (Phi) is 8.75. The molecule has 39 heavy (non-hydrogen) atoms. The van der Waals surface area contributed by atoms with Gasteiger partial charge in [0.25, 0.3) is 11.8 Å². The van der Waals surface area contributed by atoms with Gasteiger partial charge in [-0.05, 0) is 71.8 Å². The third-order valence-electron chi connectivity index (χ3n) is 7.79. The molecular formula is C27H38F3N5O3S. The third-order valence-corrected chi connectivity index (χ3v) is 8.96. The van der Waals surface area contributed by atoms with Gasteiger partial charge in [0, 0.05) is 48.1 Å². The van der Waals surface area contributed by atoms with E-state index in [0.717, 1.165) is 49.5 Å². The van der Waals surface area contributed by atoms with Crippen LogP contribution in [0.2, 0.25) is 0 Å². The molecule has 3 N–H and O–H groups in total. The summed E-state index contributed by atoms with van der Waals surface area (Å²) >= 11 is 0.811. The first-order valence-corrected chi connectivity index (χ1v) is 14.5. The SMILES string of the molecule is C[C@@H](NC1=NCCC(c2sc(C(=O)NCC(C)(C)O)nc2C(=O)N2CCC[C@@H]2C)C(C(F)(F)F)=C1)C1CCC1. The Morgan fingerprint density at radius 1 is 1.21 bits per heavy atom. The van der Waals surface area contributed by atoms with Crippen molar-refractivity contribution in [2.75, 3.05) is 19.6 Å². The summed E-state index contributed by atoms with van der Waals surface area (Å²) in [7, 11) is 0. The molecule has 1 aromatic rings. The maximum atomic E-state index is 14.5. The van der Waals surface area contributed by atoms with Crippen LogP contribution in [0.1, 0.15) is 97.3 Å². The number of likely N-dealkylation sites (tertiary alicyclic amines) is 1. The number of rotatable bonds is 7. The highest BCUT2D eigenvalue weighted by molar-refractivity contribution is 7.14. The van der Waals surface area contributed by atoms with Crippen LogP contribution in [0.4, 0.5) is 13.2 Å². The minimum atomic E-state index is -4.67. The van der Waals surface area contributed by atoms with E-state index in [9.17, 15) is 27.9 Å². The molecule has 1 aromatic heterocycles. The second kappa shape index (κ2) is 11.6. The number of amides is 2. The summed E-state index contributed by atoms with van der Waals surface area (Å²) in [6, 6.07) is -0.0681. The lowest BCUT2D eigenvalue weighted by molar-refractivity contribution is -0.0958. The van der Waals surface area contributed by atoms with Crippen molar-refractivity contribution in [2.24, 2.45) is 10.9 Å². The maximum Gasteiger partial charge on any atom is 0.413 e. The molecule has 1 saturated carbocycles. The molecule has 2 amide bonds. The minimum absolute atomic E-state index is 0.00283. The smallest absolute Gasteiger partial charge is 0.389 e. The van der Waals surface area contributed by atoms with Gasteiger partial charge in [0.2, 0.25) is 0 Å². The first-order valence-electron chi connectivity index (χ1n) is 13.7. The predicted molar refractivity (Wildman–Crippen MR) is 144 cm³/mol. The van der Waals surface area contributed by atoms with Crippen LogP contribution in [0, 0.1) is 5.92 Å². The number of allylic oxidation sites excluding steroid dienone is 1. The van der Waals surface area contributed by atoms with Crippen molar-refractivity contribution in [3.8, 4) is 0 Å². The number of alkyl halides is 3. The van der Waals surface area contributed by atoms with Gasteiger partial charge >= 0.3 is 6.18 Å². The number of aliphatic hydroxyl groups is 1. The van der Waals surface area contributed by atoms with Crippen molar-refractivity contribution in [3.05, 3.63) is 27.2 Å². The summed E-state index contributed by atoms with van der Waals surface area (Å²) in [6.45, 7) is 7.45. The van der Waals surface area contributed by atoms with Crippen LogP contribution in [0.5, 0.6) is 0 Å².